The van der Waals surface area contributed by atoms with E-state index < -0.39 is 6.29 Å². The number of aromatic nitrogens is 1. The predicted octanol–water partition coefficient (Wildman–Crippen LogP) is 6.76. The quantitative estimate of drug-likeness (QED) is 0.209. The van der Waals surface area contributed by atoms with E-state index in [2.05, 4.69) is 54.9 Å². The molecule has 5 rings (SSSR count). The number of nitrogens with one attached hydrogen (secondary N) is 1. The summed E-state index contributed by atoms with van der Waals surface area (Å²) in [5.41, 5.74) is 9.70. The second kappa shape index (κ2) is 10.9. The first kappa shape index (κ1) is 26.4. The lowest BCUT2D eigenvalue weighted by Crippen LogP contribution is -2.27. The molecule has 1 aromatic heterocycles. The third kappa shape index (κ3) is 5.24. The van der Waals surface area contributed by atoms with Crippen LogP contribution in [0.1, 0.15) is 63.1 Å². The monoisotopic (exact) mass is 518 g/mol. The highest BCUT2D eigenvalue weighted by Crippen LogP contribution is 2.30. The minimum atomic E-state index is -1.52. The maximum atomic E-state index is 13.1. The molecule has 5 nitrogen and oxygen atoms in total. The number of hydrogen-bond donors (Lipinski definition) is 3. The fourth-order valence-corrected chi connectivity index (χ4v) is 5.38. The molecule has 0 fully saturated rings. The van der Waals surface area contributed by atoms with Crippen molar-refractivity contribution in [2.75, 3.05) is 0 Å². The Morgan fingerprint density at radius 2 is 1.51 bits per heavy atom. The van der Waals surface area contributed by atoms with Gasteiger partial charge in [-0.15, -0.1) is 0 Å². The van der Waals surface area contributed by atoms with Crippen LogP contribution in [0.2, 0.25) is 0 Å². The zero-order chi connectivity index (χ0) is 27.7. The van der Waals surface area contributed by atoms with E-state index in [-0.39, 0.29) is 11.9 Å². The highest BCUT2D eigenvalue weighted by atomic mass is 16.5. The summed E-state index contributed by atoms with van der Waals surface area (Å²) in [5, 5.41) is 23.7. The van der Waals surface area contributed by atoms with E-state index in [1.54, 1.807) is 12.1 Å². The summed E-state index contributed by atoms with van der Waals surface area (Å²) in [5.74, 6) is -0.0821. The van der Waals surface area contributed by atoms with E-state index in [0.717, 1.165) is 50.0 Å². The van der Waals surface area contributed by atoms with Gasteiger partial charge in [-0.3, -0.25) is 4.79 Å². The molecule has 0 aliphatic carbocycles. The van der Waals surface area contributed by atoms with Gasteiger partial charge in [0.2, 0.25) is 0 Å². The van der Waals surface area contributed by atoms with Gasteiger partial charge < -0.3 is 20.1 Å². The molecule has 5 heteroatoms. The molecule has 0 spiro atoms. The second-order valence-electron chi connectivity index (χ2n) is 10.2. The number of aryl methyl sites for hydroxylation is 2. The molecule has 39 heavy (non-hydrogen) atoms. The Labute approximate surface area is 229 Å². The largest absolute Gasteiger partial charge is 0.364 e. The number of amides is 1. The Morgan fingerprint density at radius 3 is 2.21 bits per heavy atom. The summed E-state index contributed by atoms with van der Waals surface area (Å²) < 4.78 is 2.28. The number of hydrogen-bond acceptors (Lipinski definition) is 3. The third-order valence-corrected chi connectivity index (χ3v) is 7.75. The fourth-order valence-electron chi connectivity index (χ4n) is 5.38. The van der Waals surface area contributed by atoms with Crippen molar-refractivity contribution in [3.8, 4) is 11.1 Å². The number of carbonyl (C=O) groups excluding carboxylic acids is 1. The first-order chi connectivity index (χ1) is 18.7. The Bertz CT molecular complexity index is 1650. The number of carbonyl (C=O) groups is 1. The molecule has 1 amide bonds. The van der Waals surface area contributed by atoms with Gasteiger partial charge in [0.05, 0.1) is 6.04 Å². The molecule has 1 atom stereocenters. The molecule has 0 bridgehead atoms. The molecule has 0 aliphatic rings. The van der Waals surface area contributed by atoms with Gasteiger partial charge in [0.25, 0.3) is 5.91 Å². The highest BCUT2D eigenvalue weighted by Gasteiger charge is 2.17. The van der Waals surface area contributed by atoms with Crippen LogP contribution in [0, 0.1) is 20.8 Å². The molecule has 0 saturated heterocycles. The van der Waals surface area contributed by atoms with Crippen molar-refractivity contribution in [3.05, 3.63) is 130 Å². The molecule has 0 unspecified atom stereocenters. The lowest BCUT2D eigenvalue weighted by Gasteiger charge is -2.17. The molecular weight excluding hydrogens is 484 g/mol. The topological polar surface area (TPSA) is 74.5 Å². The zero-order valence-electron chi connectivity index (χ0n) is 22.8. The molecule has 1 heterocycles. The first-order valence-electron chi connectivity index (χ1n) is 13.2. The maximum absolute atomic E-state index is 13.1. The smallest absolute Gasteiger partial charge is 0.251 e. The van der Waals surface area contributed by atoms with Gasteiger partial charge in [-0.1, -0.05) is 72.8 Å². The zero-order valence-corrected chi connectivity index (χ0v) is 22.8. The molecular formula is C34H34N2O3. The van der Waals surface area contributed by atoms with Crippen LogP contribution < -0.4 is 5.32 Å². The van der Waals surface area contributed by atoms with Crippen molar-refractivity contribution in [2.24, 2.45) is 0 Å². The first-order valence-corrected chi connectivity index (χ1v) is 13.2. The van der Waals surface area contributed by atoms with Crippen LogP contribution in [0.3, 0.4) is 0 Å². The van der Waals surface area contributed by atoms with E-state index in [1.807, 2.05) is 61.5 Å². The molecule has 5 aromatic rings. The Kier molecular flexibility index (Phi) is 7.38. The summed E-state index contributed by atoms with van der Waals surface area (Å²) in [6, 6.07) is 29.5. The summed E-state index contributed by atoms with van der Waals surface area (Å²) in [6.07, 6.45) is -1.52. The van der Waals surface area contributed by atoms with Crippen molar-refractivity contribution in [3.63, 3.8) is 0 Å². The minimum absolute atomic E-state index is 0.0821. The van der Waals surface area contributed by atoms with E-state index >= 15 is 0 Å². The van der Waals surface area contributed by atoms with Gasteiger partial charge in [0.1, 0.15) is 0 Å². The van der Waals surface area contributed by atoms with E-state index in [9.17, 15) is 15.0 Å². The second-order valence-corrected chi connectivity index (χ2v) is 10.2. The Morgan fingerprint density at radius 1 is 0.846 bits per heavy atom. The SMILES string of the molecule is Cc1ccccc1[C@H](C)NC(=O)c1ccc2c(c1)c(C)c(C)n2Cc1ccc(-c2ccccc2C(O)O)cc1. The number of benzene rings is 4. The van der Waals surface area contributed by atoms with Crippen molar-refractivity contribution in [2.45, 2.75) is 46.6 Å². The van der Waals surface area contributed by atoms with Gasteiger partial charge in [0, 0.05) is 34.3 Å². The summed E-state index contributed by atoms with van der Waals surface area (Å²) in [7, 11) is 0. The van der Waals surface area contributed by atoms with Gasteiger partial charge in [-0.25, -0.2) is 0 Å². The summed E-state index contributed by atoms with van der Waals surface area (Å²) in [6.45, 7) is 8.98. The van der Waals surface area contributed by atoms with Crippen molar-refractivity contribution >= 4 is 16.8 Å². The number of aliphatic hydroxyl groups excluding tert-OH is 1. The average Bonchev–Trinajstić information content (AvgIpc) is 3.17. The van der Waals surface area contributed by atoms with Crippen LogP contribution in [0.25, 0.3) is 22.0 Å². The lowest BCUT2D eigenvalue weighted by molar-refractivity contribution is -0.0420. The highest BCUT2D eigenvalue weighted by molar-refractivity contribution is 5.99. The van der Waals surface area contributed by atoms with Crippen LogP contribution >= 0.6 is 0 Å². The number of nitrogens with zero attached hydrogens (tertiary/aromatic N) is 1. The minimum Gasteiger partial charge on any atom is -0.364 e. The van der Waals surface area contributed by atoms with Crippen molar-refractivity contribution in [1.29, 1.82) is 0 Å². The van der Waals surface area contributed by atoms with Gasteiger partial charge in [-0.2, -0.15) is 0 Å². The maximum Gasteiger partial charge on any atom is 0.251 e. The molecule has 0 saturated carbocycles. The number of aliphatic hydroxyl groups is 2. The fraction of sp³-hybridized carbons (Fsp3) is 0.206. The molecule has 0 radical (unpaired) electrons. The van der Waals surface area contributed by atoms with Crippen molar-refractivity contribution in [1.82, 2.24) is 9.88 Å². The summed E-state index contributed by atoms with van der Waals surface area (Å²) >= 11 is 0. The third-order valence-electron chi connectivity index (χ3n) is 7.75. The Hall–Kier alpha value is -4.19. The normalized spacial score (nSPS) is 12.2. The van der Waals surface area contributed by atoms with Crippen LogP contribution in [0.15, 0.2) is 91.0 Å². The molecule has 3 N–H and O–H groups in total. The molecule has 4 aromatic carbocycles. The average molecular weight is 519 g/mol. The van der Waals surface area contributed by atoms with Crippen molar-refractivity contribution < 1.29 is 15.0 Å². The van der Waals surface area contributed by atoms with E-state index in [0.29, 0.717) is 17.7 Å². The van der Waals surface area contributed by atoms with E-state index in [4.69, 9.17) is 0 Å². The standard InChI is InChI=1S/C34H34N2O3/c1-21-9-5-6-10-28(21)23(3)35-33(37)27-17-18-32-31(19-27)22(2)24(4)36(32)20-25-13-15-26(16-14-25)29-11-7-8-12-30(29)34(38)39/h5-19,23,34,38-39H,20H2,1-4H3,(H,35,37)/t23-/m0/s1. The van der Waals surface area contributed by atoms with Crippen LogP contribution in [-0.2, 0) is 6.54 Å². The van der Waals surface area contributed by atoms with Gasteiger partial charge in [0.15, 0.2) is 6.29 Å². The predicted molar refractivity (Wildman–Crippen MR) is 157 cm³/mol. The van der Waals surface area contributed by atoms with Crippen LogP contribution in [-0.4, -0.2) is 20.7 Å². The lowest BCUT2D eigenvalue weighted by atomic mass is 9.98. The van der Waals surface area contributed by atoms with E-state index in [1.165, 1.54) is 0 Å². The number of fused-ring (bicyclic) bond motifs is 1. The summed E-state index contributed by atoms with van der Waals surface area (Å²) in [4.78, 5) is 13.1. The molecule has 0 aliphatic heterocycles. The molecule has 198 valence electrons. The van der Waals surface area contributed by atoms with Gasteiger partial charge in [-0.05, 0) is 79.3 Å². The number of rotatable bonds is 7. The van der Waals surface area contributed by atoms with Gasteiger partial charge >= 0.3 is 0 Å². The van der Waals surface area contributed by atoms with Crippen LogP contribution in [0.4, 0.5) is 0 Å². The van der Waals surface area contributed by atoms with Crippen LogP contribution in [0.5, 0.6) is 0 Å². The Balaban J connectivity index is 1.39.